The van der Waals surface area contributed by atoms with Crippen LogP contribution >= 0.6 is 0 Å². The van der Waals surface area contributed by atoms with E-state index in [9.17, 15) is 14.7 Å². The van der Waals surface area contributed by atoms with Gasteiger partial charge in [0, 0.05) is 12.8 Å². The summed E-state index contributed by atoms with van der Waals surface area (Å²) in [5.74, 6) is -0.580. The van der Waals surface area contributed by atoms with E-state index in [1.165, 1.54) is 0 Å². The molecular formula is C16H20O3. The van der Waals surface area contributed by atoms with Crippen LogP contribution in [0.2, 0.25) is 0 Å². The molecule has 3 heteroatoms. The Morgan fingerprint density at radius 3 is 2.16 bits per heavy atom. The summed E-state index contributed by atoms with van der Waals surface area (Å²) >= 11 is 0. The third kappa shape index (κ3) is 3.78. The Hall–Kier alpha value is -1.90. The number of hydrogen-bond acceptors (Lipinski definition) is 2. The number of ketones is 1. The van der Waals surface area contributed by atoms with Gasteiger partial charge in [-0.05, 0) is 24.8 Å². The summed E-state index contributed by atoms with van der Waals surface area (Å²) in [4.78, 5) is 22.7. The minimum Gasteiger partial charge on any atom is -0.481 e. The highest BCUT2D eigenvalue weighted by atomic mass is 16.4. The minimum atomic E-state index is -0.770. The molecule has 0 aromatic heterocycles. The molecule has 0 spiro atoms. The number of carboxylic acids is 1. The Morgan fingerprint density at radius 2 is 1.68 bits per heavy atom. The first-order valence-corrected chi connectivity index (χ1v) is 6.41. The van der Waals surface area contributed by atoms with Gasteiger partial charge in [0.05, 0.1) is 5.41 Å². The molecule has 1 aliphatic carbocycles. The van der Waals surface area contributed by atoms with Crippen molar-refractivity contribution in [1.82, 2.24) is 0 Å². The lowest BCUT2D eigenvalue weighted by atomic mass is 9.70. The number of carbonyl (C=O) groups is 2. The van der Waals surface area contributed by atoms with Gasteiger partial charge in [0.25, 0.3) is 0 Å². The maximum Gasteiger partial charge on any atom is 0.309 e. The molecule has 0 atom stereocenters. The maximum atomic E-state index is 11.5. The van der Waals surface area contributed by atoms with Crippen molar-refractivity contribution in [3.05, 3.63) is 49.1 Å². The van der Waals surface area contributed by atoms with Crippen molar-refractivity contribution in [3.8, 4) is 0 Å². The molecule has 19 heavy (non-hydrogen) atoms. The second-order valence-electron chi connectivity index (χ2n) is 4.79. The lowest BCUT2D eigenvalue weighted by molar-refractivity contribution is -0.151. The van der Waals surface area contributed by atoms with E-state index in [4.69, 9.17) is 0 Å². The predicted octanol–water partition coefficient (Wildman–Crippen LogP) is 3.25. The van der Waals surface area contributed by atoms with Crippen molar-refractivity contribution in [2.75, 3.05) is 0 Å². The molecule has 0 amide bonds. The number of carbonyl (C=O) groups excluding carboxylic acids is 1. The number of aliphatic carboxylic acids is 1. The van der Waals surface area contributed by atoms with Crippen molar-refractivity contribution >= 4 is 11.8 Å². The van der Waals surface area contributed by atoms with Crippen molar-refractivity contribution in [2.45, 2.75) is 32.1 Å². The highest BCUT2D eigenvalue weighted by Crippen LogP contribution is 2.38. The van der Waals surface area contributed by atoms with E-state index < -0.39 is 11.4 Å². The maximum absolute atomic E-state index is 11.5. The monoisotopic (exact) mass is 260 g/mol. The van der Waals surface area contributed by atoms with Crippen molar-refractivity contribution in [1.29, 1.82) is 0 Å². The van der Waals surface area contributed by atoms with Crippen LogP contribution < -0.4 is 0 Å². The quantitative estimate of drug-likeness (QED) is 0.849. The van der Waals surface area contributed by atoms with Crippen molar-refractivity contribution in [3.63, 3.8) is 0 Å². The molecule has 0 unspecified atom stereocenters. The minimum absolute atomic E-state index is 0.190. The molecular weight excluding hydrogens is 240 g/mol. The third-order valence-corrected chi connectivity index (χ3v) is 3.60. The lowest BCUT2D eigenvalue weighted by Gasteiger charge is -2.32. The Kier molecular flexibility index (Phi) is 5.49. The van der Waals surface area contributed by atoms with Gasteiger partial charge in [-0.1, -0.05) is 30.3 Å². The Morgan fingerprint density at radius 1 is 1.16 bits per heavy atom. The average Bonchev–Trinajstić information content (AvgIpc) is 2.45. The SMILES string of the molecule is C=C.O=C1CCC(Cc2ccccc2)(C(=O)O)CC1. The van der Waals surface area contributed by atoms with E-state index in [1.54, 1.807) is 0 Å². The standard InChI is InChI=1S/C14H16O3.C2H4/c15-12-6-8-14(9-7-12,13(16)17)10-11-4-2-1-3-5-11;1-2/h1-5H,6-10H2,(H,16,17);1-2H2. The number of hydrogen-bond donors (Lipinski definition) is 1. The molecule has 3 nitrogen and oxygen atoms in total. The summed E-state index contributed by atoms with van der Waals surface area (Å²) in [5, 5.41) is 9.43. The number of rotatable bonds is 3. The smallest absolute Gasteiger partial charge is 0.309 e. The van der Waals surface area contributed by atoms with Gasteiger partial charge in [-0.25, -0.2) is 0 Å². The zero-order valence-electron chi connectivity index (χ0n) is 11.1. The summed E-state index contributed by atoms with van der Waals surface area (Å²) < 4.78 is 0. The summed E-state index contributed by atoms with van der Waals surface area (Å²) in [6.45, 7) is 6.00. The van der Waals surface area contributed by atoms with Crippen molar-refractivity contribution in [2.24, 2.45) is 5.41 Å². The fourth-order valence-corrected chi connectivity index (χ4v) is 2.46. The molecule has 0 aliphatic heterocycles. The molecule has 1 saturated carbocycles. The Labute approximate surface area is 114 Å². The van der Waals surface area contributed by atoms with Crippen LogP contribution in [0.3, 0.4) is 0 Å². The summed E-state index contributed by atoms with van der Waals surface area (Å²) in [6.07, 6.45) is 2.26. The van der Waals surface area contributed by atoms with Crippen LogP contribution in [0.25, 0.3) is 0 Å². The van der Waals surface area contributed by atoms with Gasteiger partial charge in [0.2, 0.25) is 0 Å². The molecule has 2 rings (SSSR count). The number of Topliss-reactive ketones (excluding diaryl/α,β-unsaturated/α-hetero) is 1. The van der Waals surface area contributed by atoms with Crippen LogP contribution in [-0.2, 0) is 16.0 Å². The summed E-state index contributed by atoms with van der Waals surface area (Å²) in [7, 11) is 0. The third-order valence-electron chi connectivity index (χ3n) is 3.60. The predicted molar refractivity (Wildman–Crippen MR) is 74.9 cm³/mol. The number of carboxylic acid groups (broad SMARTS) is 1. The first-order chi connectivity index (χ1) is 9.12. The van der Waals surface area contributed by atoms with E-state index in [1.807, 2.05) is 30.3 Å². The van der Waals surface area contributed by atoms with Crippen LogP contribution in [0.5, 0.6) is 0 Å². The van der Waals surface area contributed by atoms with E-state index in [0.29, 0.717) is 32.1 Å². The number of benzene rings is 1. The molecule has 0 saturated heterocycles. The van der Waals surface area contributed by atoms with Gasteiger partial charge in [0.15, 0.2) is 0 Å². The molecule has 0 bridgehead atoms. The Balaban J connectivity index is 0.000000861. The molecule has 0 radical (unpaired) electrons. The lowest BCUT2D eigenvalue weighted by Crippen LogP contribution is -2.37. The van der Waals surface area contributed by atoms with Crippen LogP contribution in [0.15, 0.2) is 43.5 Å². The first-order valence-electron chi connectivity index (χ1n) is 6.41. The normalized spacial score (nSPS) is 17.2. The van der Waals surface area contributed by atoms with Crippen molar-refractivity contribution < 1.29 is 14.7 Å². The molecule has 1 N–H and O–H groups in total. The van der Waals surface area contributed by atoms with Crippen LogP contribution in [0.1, 0.15) is 31.2 Å². The topological polar surface area (TPSA) is 54.4 Å². The average molecular weight is 260 g/mol. The van der Waals surface area contributed by atoms with E-state index in [2.05, 4.69) is 13.2 Å². The summed E-state index contributed by atoms with van der Waals surface area (Å²) in [5.41, 5.74) is 0.291. The zero-order chi connectivity index (χ0) is 14.3. The second-order valence-corrected chi connectivity index (χ2v) is 4.79. The van der Waals surface area contributed by atoms with Gasteiger partial charge >= 0.3 is 5.97 Å². The van der Waals surface area contributed by atoms with E-state index in [0.717, 1.165) is 5.56 Å². The fourth-order valence-electron chi connectivity index (χ4n) is 2.46. The van der Waals surface area contributed by atoms with Gasteiger partial charge in [-0.3, -0.25) is 9.59 Å². The molecule has 102 valence electrons. The molecule has 1 fully saturated rings. The summed E-state index contributed by atoms with van der Waals surface area (Å²) in [6, 6.07) is 9.64. The highest BCUT2D eigenvalue weighted by molar-refractivity contribution is 5.84. The molecule has 1 aromatic carbocycles. The molecule has 1 aromatic rings. The first kappa shape index (κ1) is 15.2. The van der Waals surface area contributed by atoms with Gasteiger partial charge in [-0.2, -0.15) is 0 Å². The molecule has 0 heterocycles. The van der Waals surface area contributed by atoms with Crippen LogP contribution in [-0.4, -0.2) is 16.9 Å². The van der Waals surface area contributed by atoms with Crippen LogP contribution in [0.4, 0.5) is 0 Å². The highest BCUT2D eigenvalue weighted by Gasteiger charge is 2.41. The molecule has 1 aliphatic rings. The van der Waals surface area contributed by atoms with Gasteiger partial charge in [0.1, 0.15) is 5.78 Å². The zero-order valence-corrected chi connectivity index (χ0v) is 11.1. The fraction of sp³-hybridized carbons (Fsp3) is 0.375. The van der Waals surface area contributed by atoms with Crippen LogP contribution in [0, 0.1) is 5.41 Å². The van der Waals surface area contributed by atoms with E-state index in [-0.39, 0.29) is 5.78 Å². The van der Waals surface area contributed by atoms with Gasteiger partial charge < -0.3 is 5.11 Å². The Bertz CT molecular complexity index is 427. The van der Waals surface area contributed by atoms with E-state index >= 15 is 0 Å². The largest absolute Gasteiger partial charge is 0.481 e. The van der Waals surface area contributed by atoms with Gasteiger partial charge in [-0.15, -0.1) is 13.2 Å². The second kappa shape index (κ2) is 6.88.